The average molecular weight is 229 g/mol. The van der Waals surface area contributed by atoms with Gasteiger partial charge in [0.15, 0.2) is 0 Å². The molecule has 1 aromatic carbocycles. The zero-order valence-corrected chi connectivity index (χ0v) is 8.93. The topological polar surface area (TPSA) is 20.2 Å². The maximum absolute atomic E-state index is 9.50. The first kappa shape index (κ1) is 9.75. The lowest BCUT2D eigenvalue weighted by atomic mass is 10.0. The number of hydrogen-bond donors (Lipinski definition) is 1. The van der Waals surface area contributed by atoms with E-state index in [1.54, 1.807) is 0 Å². The molecule has 0 heterocycles. The number of hydrogen-bond acceptors (Lipinski definition) is 1. The fourth-order valence-electron chi connectivity index (χ4n) is 1.06. The van der Waals surface area contributed by atoms with Gasteiger partial charge in [0, 0.05) is 5.33 Å². The van der Waals surface area contributed by atoms with E-state index in [-0.39, 0.29) is 6.10 Å². The van der Waals surface area contributed by atoms with E-state index in [0.29, 0.717) is 5.33 Å². The van der Waals surface area contributed by atoms with Gasteiger partial charge in [-0.1, -0.05) is 34.1 Å². The molecule has 1 N–H and O–H groups in total. The molecule has 0 saturated carbocycles. The van der Waals surface area contributed by atoms with Gasteiger partial charge >= 0.3 is 0 Å². The Morgan fingerprint density at radius 3 is 2.50 bits per heavy atom. The van der Waals surface area contributed by atoms with Gasteiger partial charge in [0.05, 0.1) is 6.10 Å². The van der Waals surface area contributed by atoms with Gasteiger partial charge in [0.25, 0.3) is 0 Å². The maximum Gasteiger partial charge on any atom is 0.0886 e. The molecule has 1 rings (SSSR count). The first-order chi connectivity index (χ1) is 5.65. The van der Waals surface area contributed by atoms with Crippen molar-refractivity contribution in [3.63, 3.8) is 0 Å². The molecule has 12 heavy (non-hydrogen) atoms. The lowest BCUT2D eigenvalue weighted by Gasteiger charge is -2.09. The van der Waals surface area contributed by atoms with Gasteiger partial charge in [0.2, 0.25) is 0 Å². The summed E-state index contributed by atoms with van der Waals surface area (Å²) in [7, 11) is 0. The molecule has 0 spiro atoms. The number of benzene rings is 1. The molecular formula is C10H13BrO. The van der Waals surface area contributed by atoms with Crippen LogP contribution in [0.2, 0.25) is 0 Å². The van der Waals surface area contributed by atoms with Crippen molar-refractivity contribution in [2.45, 2.75) is 20.0 Å². The molecule has 1 unspecified atom stereocenters. The van der Waals surface area contributed by atoms with E-state index >= 15 is 0 Å². The van der Waals surface area contributed by atoms with Crippen LogP contribution in [0.3, 0.4) is 0 Å². The summed E-state index contributed by atoms with van der Waals surface area (Å²) in [6, 6.07) is 6.03. The molecule has 1 aromatic rings. The molecule has 0 aliphatic carbocycles. The van der Waals surface area contributed by atoms with Crippen LogP contribution in [-0.4, -0.2) is 10.4 Å². The third-order valence-corrected chi connectivity index (χ3v) is 2.68. The highest BCUT2D eigenvalue weighted by atomic mass is 79.9. The first-order valence-electron chi connectivity index (χ1n) is 3.96. The molecule has 0 aliphatic rings. The van der Waals surface area contributed by atoms with E-state index in [1.807, 2.05) is 18.2 Å². The van der Waals surface area contributed by atoms with E-state index in [2.05, 4.69) is 29.8 Å². The highest BCUT2D eigenvalue weighted by Gasteiger charge is 2.05. The summed E-state index contributed by atoms with van der Waals surface area (Å²) in [6.07, 6.45) is -0.385. The molecule has 0 fully saturated rings. The Morgan fingerprint density at radius 1 is 1.33 bits per heavy atom. The number of aliphatic hydroxyl groups is 1. The third-order valence-electron chi connectivity index (χ3n) is 2.06. The predicted molar refractivity (Wildman–Crippen MR) is 54.7 cm³/mol. The van der Waals surface area contributed by atoms with Crippen LogP contribution in [0.4, 0.5) is 0 Å². The summed E-state index contributed by atoms with van der Waals surface area (Å²) in [4.78, 5) is 0. The lowest BCUT2D eigenvalue weighted by Crippen LogP contribution is -1.98. The van der Waals surface area contributed by atoms with Gasteiger partial charge in [-0.25, -0.2) is 0 Å². The van der Waals surface area contributed by atoms with E-state index in [9.17, 15) is 5.11 Å². The molecular weight excluding hydrogens is 216 g/mol. The molecule has 0 bridgehead atoms. The van der Waals surface area contributed by atoms with Crippen molar-refractivity contribution in [2.24, 2.45) is 0 Å². The smallest absolute Gasteiger partial charge is 0.0886 e. The maximum atomic E-state index is 9.50. The molecule has 0 saturated heterocycles. The molecule has 2 heteroatoms. The quantitative estimate of drug-likeness (QED) is 0.773. The fraction of sp³-hybridized carbons (Fsp3) is 0.400. The number of rotatable bonds is 2. The van der Waals surface area contributed by atoms with Gasteiger partial charge in [-0.2, -0.15) is 0 Å². The second-order valence-electron chi connectivity index (χ2n) is 3.01. The van der Waals surface area contributed by atoms with Crippen molar-refractivity contribution in [1.29, 1.82) is 0 Å². The first-order valence-corrected chi connectivity index (χ1v) is 5.08. The number of aliphatic hydroxyl groups excluding tert-OH is 1. The van der Waals surface area contributed by atoms with Gasteiger partial charge in [-0.15, -0.1) is 0 Å². The van der Waals surface area contributed by atoms with Crippen LogP contribution >= 0.6 is 15.9 Å². The van der Waals surface area contributed by atoms with E-state index in [1.165, 1.54) is 11.1 Å². The van der Waals surface area contributed by atoms with Crippen molar-refractivity contribution in [3.8, 4) is 0 Å². The number of aryl methyl sites for hydroxylation is 2. The number of alkyl halides is 1. The van der Waals surface area contributed by atoms with Crippen molar-refractivity contribution < 1.29 is 5.11 Å². The van der Waals surface area contributed by atoms with Crippen molar-refractivity contribution >= 4 is 15.9 Å². The SMILES string of the molecule is Cc1ccc(C(O)CBr)cc1C. The fourth-order valence-corrected chi connectivity index (χ4v) is 1.43. The van der Waals surface area contributed by atoms with Crippen molar-refractivity contribution in [2.75, 3.05) is 5.33 Å². The van der Waals surface area contributed by atoms with Crippen LogP contribution in [0.1, 0.15) is 22.8 Å². The average Bonchev–Trinajstić information content (AvgIpc) is 2.08. The van der Waals surface area contributed by atoms with Crippen LogP contribution in [0.25, 0.3) is 0 Å². The molecule has 0 amide bonds. The molecule has 0 aliphatic heterocycles. The summed E-state index contributed by atoms with van der Waals surface area (Å²) >= 11 is 3.24. The minimum atomic E-state index is -0.385. The number of halogens is 1. The Morgan fingerprint density at radius 2 is 2.00 bits per heavy atom. The van der Waals surface area contributed by atoms with Crippen LogP contribution in [-0.2, 0) is 0 Å². The normalized spacial score (nSPS) is 13.0. The summed E-state index contributed by atoms with van der Waals surface area (Å²) in [5.41, 5.74) is 3.47. The Labute approximate surface area is 81.6 Å². The zero-order chi connectivity index (χ0) is 9.14. The van der Waals surface area contributed by atoms with Gasteiger partial charge in [0.1, 0.15) is 0 Å². The lowest BCUT2D eigenvalue weighted by molar-refractivity contribution is 0.205. The second-order valence-corrected chi connectivity index (χ2v) is 3.66. The Hall–Kier alpha value is -0.340. The molecule has 1 atom stereocenters. The highest BCUT2D eigenvalue weighted by molar-refractivity contribution is 9.09. The Balaban J connectivity index is 2.96. The van der Waals surface area contributed by atoms with E-state index < -0.39 is 0 Å². The summed E-state index contributed by atoms with van der Waals surface area (Å²) in [6.45, 7) is 4.12. The van der Waals surface area contributed by atoms with E-state index in [0.717, 1.165) is 5.56 Å². The zero-order valence-electron chi connectivity index (χ0n) is 7.34. The van der Waals surface area contributed by atoms with Crippen LogP contribution in [0.15, 0.2) is 18.2 Å². The van der Waals surface area contributed by atoms with E-state index in [4.69, 9.17) is 0 Å². The van der Waals surface area contributed by atoms with Crippen LogP contribution < -0.4 is 0 Å². The second kappa shape index (κ2) is 4.06. The van der Waals surface area contributed by atoms with Crippen molar-refractivity contribution in [1.82, 2.24) is 0 Å². The minimum absolute atomic E-state index is 0.385. The minimum Gasteiger partial charge on any atom is -0.388 e. The molecule has 0 aromatic heterocycles. The summed E-state index contributed by atoms with van der Waals surface area (Å²) < 4.78 is 0. The monoisotopic (exact) mass is 228 g/mol. The van der Waals surface area contributed by atoms with Crippen molar-refractivity contribution in [3.05, 3.63) is 34.9 Å². The summed E-state index contributed by atoms with van der Waals surface area (Å²) in [5.74, 6) is 0. The van der Waals surface area contributed by atoms with Gasteiger partial charge in [-0.3, -0.25) is 0 Å². The standard InChI is InChI=1S/C10H13BrO/c1-7-3-4-9(5-8(7)2)10(12)6-11/h3-5,10,12H,6H2,1-2H3. The van der Waals surface area contributed by atoms with Crippen LogP contribution in [0, 0.1) is 13.8 Å². The third kappa shape index (κ3) is 2.08. The Bertz CT molecular complexity index is 271. The van der Waals surface area contributed by atoms with Crippen LogP contribution in [0.5, 0.6) is 0 Å². The predicted octanol–water partition coefficient (Wildman–Crippen LogP) is 2.73. The molecule has 1 nitrogen and oxygen atoms in total. The van der Waals surface area contributed by atoms with Gasteiger partial charge in [-0.05, 0) is 30.5 Å². The molecule has 66 valence electrons. The summed E-state index contributed by atoms with van der Waals surface area (Å²) in [5, 5.41) is 10.1. The highest BCUT2D eigenvalue weighted by Crippen LogP contribution is 2.18. The largest absolute Gasteiger partial charge is 0.388 e. The Kier molecular flexibility index (Phi) is 3.29. The van der Waals surface area contributed by atoms with Gasteiger partial charge < -0.3 is 5.11 Å². The molecule has 0 radical (unpaired) electrons.